The predicted molar refractivity (Wildman–Crippen MR) is 74.3 cm³/mol. The summed E-state index contributed by atoms with van der Waals surface area (Å²) in [5, 5.41) is 8.77. The zero-order chi connectivity index (χ0) is 15.6. The molecular weight excluding hydrogens is 275 g/mol. The highest BCUT2D eigenvalue weighted by Gasteiger charge is 2.13. The van der Waals surface area contributed by atoms with Crippen LogP contribution in [0.3, 0.4) is 0 Å². The van der Waals surface area contributed by atoms with Crippen LogP contribution >= 0.6 is 0 Å². The Kier molecular flexibility index (Phi) is 4.16. The Bertz CT molecular complexity index is 687. The number of carboxylic acid groups (broad SMARTS) is 1. The second kappa shape index (κ2) is 5.87. The van der Waals surface area contributed by atoms with E-state index < -0.39 is 17.3 Å². The molecular formula is C15H15FN2O3. The first-order chi connectivity index (χ1) is 9.86. The number of nitrogens with zero attached hydrogens (tertiary/aromatic N) is 2. The number of halogens is 1. The fraction of sp³-hybridized carbons (Fsp3) is 0.267. The monoisotopic (exact) mass is 290 g/mol. The molecule has 6 heteroatoms. The van der Waals surface area contributed by atoms with Gasteiger partial charge in [0.2, 0.25) is 0 Å². The van der Waals surface area contributed by atoms with E-state index in [1.54, 1.807) is 0 Å². The number of aromatic nitrogens is 2. The standard InChI is InChI=1S/C15H15FN2O3/c1-8(2)13-6-9(3)17-15(18-13)21-10-4-5-11(14(19)20)12(16)7-10/h4-8H,1-3H3,(H,19,20). The minimum absolute atomic E-state index is 0.112. The minimum atomic E-state index is -1.33. The maximum atomic E-state index is 13.6. The number of rotatable bonds is 4. The van der Waals surface area contributed by atoms with E-state index >= 15 is 0 Å². The molecule has 1 heterocycles. The maximum absolute atomic E-state index is 13.6. The van der Waals surface area contributed by atoms with Crippen LogP contribution in [0.2, 0.25) is 0 Å². The molecule has 0 atom stereocenters. The van der Waals surface area contributed by atoms with Crippen LogP contribution in [0.5, 0.6) is 11.8 Å². The number of aryl methyl sites for hydroxylation is 1. The number of carbonyl (C=O) groups is 1. The van der Waals surface area contributed by atoms with E-state index in [-0.39, 0.29) is 17.7 Å². The smallest absolute Gasteiger partial charge is 0.338 e. The van der Waals surface area contributed by atoms with Crippen LogP contribution in [-0.2, 0) is 0 Å². The van der Waals surface area contributed by atoms with Crippen molar-refractivity contribution in [3.05, 3.63) is 47.0 Å². The van der Waals surface area contributed by atoms with Crippen LogP contribution in [-0.4, -0.2) is 21.0 Å². The summed E-state index contributed by atoms with van der Waals surface area (Å²) in [7, 11) is 0. The van der Waals surface area contributed by atoms with Gasteiger partial charge in [0.05, 0.1) is 11.3 Å². The van der Waals surface area contributed by atoms with Crippen LogP contribution in [0.25, 0.3) is 0 Å². The van der Waals surface area contributed by atoms with Gasteiger partial charge in [-0.2, -0.15) is 4.98 Å². The topological polar surface area (TPSA) is 72.3 Å². The van der Waals surface area contributed by atoms with Gasteiger partial charge in [0.15, 0.2) is 0 Å². The number of carboxylic acids is 1. The summed E-state index contributed by atoms with van der Waals surface area (Å²) in [5.74, 6) is -1.83. The highest BCUT2D eigenvalue weighted by molar-refractivity contribution is 5.88. The highest BCUT2D eigenvalue weighted by atomic mass is 19.1. The minimum Gasteiger partial charge on any atom is -0.478 e. The molecule has 0 radical (unpaired) electrons. The molecule has 1 aromatic heterocycles. The first kappa shape index (κ1) is 14.9. The zero-order valence-electron chi connectivity index (χ0n) is 11.9. The lowest BCUT2D eigenvalue weighted by molar-refractivity contribution is 0.0692. The average Bonchev–Trinajstić information content (AvgIpc) is 2.37. The Morgan fingerprint density at radius 3 is 2.57 bits per heavy atom. The van der Waals surface area contributed by atoms with Crippen LogP contribution in [0.1, 0.15) is 41.5 Å². The Balaban J connectivity index is 2.30. The average molecular weight is 290 g/mol. The number of hydrogen-bond acceptors (Lipinski definition) is 4. The van der Waals surface area contributed by atoms with Gasteiger partial charge < -0.3 is 9.84 Å². The number of hydrogen-bond donors (Lipinski definition) is 1. The zero-order valence-corrected chi connectivity index (χ0v) is 11.9. The predicted octanol–water partition coefficient (Wildman–Crippen LogP) is 3.54. The number of aromatic carboxylic acids is 1. The van der Waals surface area contributed by atoms with E-state index in [0.29, 0.717) is 0 Å². The van der Waals surface area contributed by atoms with E-state index in [1.165, 1.54) is 6.07 Å². The fourth-order valence-electron chi connectivity index (χ4n) is 1.74. The van der Waals surface area contributed by atoms with Crippen molar-refractivity contribution in [3.8, 4) is 11.8 Å². The molecule has 5 nitrogen and oxygen atoms in total. The molecule has 0 bridgehead atoms. The van der Waals surface area contributed by atoms with Crippen molar-refractivity contribution in [2.45, 2.75) is 26.7 Å². The van der Waals surface area contributed by atoms with Crippen molar-refractivity contribution in [3.63, 3.8) is 0 Å². The van der Waals surface area contributed by atoms with Crippen molar-refractivity contribution in [1.29, 1.82) is 0 Å². The molecule has 0 aliphatic carbocycles. The third-order valence-electron chi connectivity index (χ3n) is 2.83. The third-order valence-corrected chi connectivity index (χ3v) is 2.83. The summed E-state index contributed by atoms with van der Waals surface area (Å²) < 4.78 is 19.0. The van der Waals surface area contributed by atoms with E-state index in [0.717, 1.165) is 23.5 Å². The van der Waals surface area contributed by atoms with Gasteiger partial charge in [-0.3, -0.25) is 0 Å². The number of ether oxygens (including phenoxy) is 1. The summed E-state index contributed by atoms with van der Waals surface area (Å²) in [6.45, 7) is 5.80. The van der Waals surface area contributed by atoms with Gasteiger partial charge >= 0.3 is 12.0 Å². The highest BCUT2D eigenvalue weighted by Crippen LogP contribution is 2.23. The Hall–Kier alpha value is -2.50. The van der Waals surface area contributed by atoms with E-state index in [1.807, 2.05) is 26.8 Å². The molecule has 0 amide bonds. The Morgan fingerprint density at radius 1 is 1.29 bits per heavy atom. The van der Waals surface area contributed by atoms with E-state index in [9.17, 15) is 9.18 Å². The molecule has 0 spiro atoms. The first-order valence-electron chi connectivity index (χ1n) is 6.43. The fourth-order valence-corrected chi connectivity index (χ4v) is 1.74. The molecule has 2 aromatic rings. The second-order valence-corrected chi connectivity index (χ2v) is 4.92. The molecule has 1 aromatic carbocycles. The Morgan fingerprint density at radius 2 is 2.00 bits per heavy atom. The summed E-state index contributed by atoms with van der Waals surface area (Å²) in [5.41, 5.74) is 1.15. The first-order valence-corrected chi connectivity index (χ1v) is 6.43. The van der Waals surface area contributed by atoms with E-state index in [2.05, 4.69) is 9.97 Å². The van der Waals surface area contributed by atoms with Crippen molar-refractivity contribution in [2.24, 2.45) is 0 Å². The molecule has 2 rings (SSSR count). The van der Waals surface area contributed by atoms with E-state index in [4.69, 9.17) is 9.84 Å². The molecule has 0 fully saturated rings. The van der Waals surface area contributed by atoms with Crippen molar-refractivity contribution >= 4 is 5.97 Å². The van der Waals surface area contributed by atoms with Crippen LogP contribution < -0.4 is 4.74 Å². The number of benzene rings is 1. The molecule has 110 valence electrons. The second-order valence-electron chi connectivity index (χ2n) is 4.92. The van der Waals surface area contributed by atoms with Gasteiger partial charge in [0, 0.05) is 11.8 Å². The largest absolute Gasteiger partial charge is 0.478 e. The molecule has 0 saturated carbocycles. The van der Waals surface area contributed by atoms with Gasteiger partial charge in [-0.25, -0.2) is 14.2 Å². The molecule has 0 aliphatic rings. The molecule has 0 unspecified atom stereocenters. The summed E-state index contributed by atoms with van der Waals surface area (Å²) in [4.78, 5) is 19.1. The lowest BCUT2D eigenvalue weighted by Crippen LogP contribution is -2.02. The quantitative estimate of drug-likeness (QED) is 0.932. The molecule has 21 heavy (non-hydrogen) atoms. The van der Waals surface area contributed by atoms with Gasteiger partial charge in [-0.05, 0) is 31.0 Å². The van der Waals surface area contributed by atoms with Gasteiger partial charge in [-0.1, -0.05) is 13.8 Å². The van der Waals surface area contributed by atoms with Crippen LogP contribution in [0, 0.1) is 12.7 Å². The van der Waals surface area contributed by atoms with Crippen LogP contribution in [0.4, 0.5) is 4.39 Å². The molecule has 0 aliphatic heterocycles. The van der Waals surface area contributed by atoms with Crippen LogP contribution in [0.15, 0.2) is 24.3 Å². The van der Waals surface area contributed by atoms with Gasteiger partial charge in [0.1, 0.15) is 11.6 Å². The maximum Gasteiger partial charge on any atom is 0.338 e. The van der Waals surface area contributed by atoms with Crippen molar-refractivity contribution in [1.82, 2.24) is 9.97 Å². The van der Waals surface area contributed by atoms with Gasteiger partial charge in [-0.15, -0.1) is 0 Å². The Labute approximate surface area is 121 Å². The van der Waals surface area contributed by atoms with Gasteiger partial charge in [0.25, 0.3) is 0 Å². The normalized spacial score (nSPS) is 10.7. The van der Waals surface area contributed by atoms with Crippen molar-refractivity contribution < 1.29 is 19.0 Å². The summed E-state index contributed by atoms with van der Waals surface area (Å²) in [6, 6.07) is 5.48. The SMILES string of the molecule is Cc1cc(C(C)C)nc(Oc2ccc(C(=O)O)c(F)c2)n1. The third kappa shape index (κ3) is 3.53. The summed E-state index contributed by atoms with van der Waals surface area (Å²) >= 11 is 0. The molecule has 0 saturated heterocycles. The summed E-state index contributed by atoms with van der Waals surface area (Å²) in [6.07, 6.45) is 0. The lowest BCUT2D eigenvalue weighted by Gasteiger charge is -2.09. The molecule has 1 N–H and O–H groups in total. The lowest BCUT2D eigenvalue weighted by atomic mass is 10.1. The van der Waals surface area contributed by atoms with Crippen molar-refractivity contribution in [2.75, 3.05) is 0 Å².